The Morgan fingerprint density at radius 3 is 2.60 bits per heavy atom. The third kappa shape index (κ3) is 4.77. The van der Waals surface area contributed by atoms with Crippen LogP contribution in [0.15, 0.2) is 35.9 Å². The highest BCUT2D eigenvalue weighted by molar-refractivity contribution is 5.79. The zero-order chi connectivity index (χ0) is 33.4. The summed E-state index contributed by atoms with van der Waals surface area (Å²) < 4.78 is 6.22. The number of H-pyrrole nitrogens is 1. The van der Waals surface area contributed by atoms with Crippen molar-refractivity contribution < 1.29 is 14.6 Å². The molecule has 5 aliphatic rings. The Balaban J connectivity index is 1.12. The first-order valence-electron chi connectivity index (χ1n) is 18.4. The maximum absolute atomic E-state index is 14.4. The average Bonchev–Trinajstić information content (AvgIpc) is 3.59. The highest BCUT2D eigenvalue weighted by Crippen LogP contribution is 2.75. The number of nitrogens with one attached hydrogen (secondary N) is 2. The van der Waals surface area contributed by atoms with Crippen LogP contribution in [0.2, 0.25) is 0 Å². The van der Waals surface area contributed by atoms with Crippen molar-refractivity contribution in [2.45, 2.75) is 112 Å². The second-order valence-corrected chi connectivity index (χ2v) is 17.6. The smallest absolute Gasteiger partial charge is 0.312 e. The largest absolute Gasteiger partial charge is 0.463 e. The molecule has 0 radical (unpaired) electrons. The number of fused-ring (bicyclic) bond motifs is 7. The lowest BCUT2D eigenvalue weighted by Gasteiger charge is -2.71. The summed E-state index contributed by atoms with van der Waals surface area (Å²) in [7, 11) is 0. The lowest BCUT2D eigenvalue weighted by atomic mass is 9.33. The van der Waals surface area contributed by atoms with Crippen molar-refractivity contribution in [2.75, 3.05) is 18.5 Å². The first kappa shape index (κ1) is 32.8. The normalized spacial score (nSPS) is 42.2. The number of aromatic amines is 1. The number of aliphatic hydroxyl groups excluding tert-OH is 1. The molecule has 2 aromatic rings. The molecule has 8 heteroatoms. The van der Waals surface area contributed by atoms with Crippen molar-refractivity contribution in [3.05, 3.63) is 35.9 Å². The second-order valence-electron chi connectivity index (χ2n) is 17.6. The zero-order valence-electron chi connectivity index (χ0n) is 29.7. The molecule has 0 spiro atoms. The second kappa shape index (κ2) is 11.4. The topological polar surface area (TPSA) is 113 Å². The number of carbonyl (C=O) groups excluding carboxylic acids is 1. The lowest BCUT2D eigenvalue weighted by molar-refractivity contribution is -0.207. The number of rotatable bonds is 6. The van der Waals surface area contributed by atoms with Crippen LogP contribution < -0.4 is 5.32 Å². The molecule has 4 fully saturated rings. The standard InChI is InChI=1S/C39H57N5O3/c1-24-13-18-39(34(46)47-22-21-40-27-10-8-9-26(23-27)33-41-43-44-42-33)20-19-37(6)28(32(39)25(24)2)11-12-30-36(5)16-15-31(45)35(3,4)29(36)14-17-38(30,37)7/h8-11,23-25,29-32,40,45H,12-22H2,1-7H3,(H,41,42,43,44)/t24-,25+,29+,30-,31+,32+,36+,37-,38-,39+/m1/s1. The molecular formula is C39H57N5O3. The molecule has 256 valence electrons. The van der Waals surface area contributed by atoms with E-state index in [4.69, 9.17) is 4.74 Å². The van der Waals surface area contributed by atoms with Crippen molar-refractivity contribution >= 4 is 11.7 Å². The van der Waals surface area contributed by atoms with Crippen LogP contribution in [0.25, 0.3) is 11.4 Å². The van der Waals surface area contributed by atoms with Gasteiger partial charge in [0.25, 0.3) is 0 Å². The van der Waals surface area contributed by atoms with Crippen LogP contribution in [0, 0.1) is 56.7 Å². The van der Waals surface area contributed by atoms with Crippen LogP contribution >= 0.6 is 0 Å². The number of aliphatic hydroxyl groups is 1. The highest BCUT2D eigenvalue weighted by Gasteiger charge is 2.69. The number of hydrogen-bond donors (Lipinski definition) is 3. The fourth-order valence-electron chi connectivity index (χ4n) is 12.4. The number of nitrogens with zero attached hydrogens (tertiary/aromatic N) is 3. The maximum atomic E-state index is 14.4. The van der Waals surface area contributed by atoms with E-state index in [1.54, 1.807) is 5.57 Å². The summed E-state index contributed by atoms with van der Waals surface area (Å²) in [5.74, 6) is 2.94. The number of anilines is 1. The number of esters is 1. The molecule has 0 aliphatic heterocycles. The maximum Gasteiger partial charge on any atom is 0.312 e. The van der Waals surface area contributed by atoms with Gasteiger partial charge in [-0.15, -0.1) is 10.2 Å². The van der Waals surface area contributed by atoms with E-state index in [-0.39, 0.29) is 39.7 Å². The molecule has 4 saturated carbocycles. The SMILES string of the molecule is C[C@H]1[C@H](C)CC[C@]2(C(=O)OCCNc3cccc(-c4nn[nH]n4)c3)CC[C@]3(C)C(=CC[C@@H]4[C@@]5(C)CC[C@H](O)C(C)(C)[C@@H]5CC[C@]43C)[C@H]12. The number of allylic oxidation sites excluding steroid dienone is 2. The number of benzene rings is 1. The van der Waals surface area contributed by atoms with E-state index in [9.17, 15) is 9.90 Å². The third-order valence-corrected chi connectivity index (χ3v) is 15.5. The first-order valence-corrected chi connectivity index (χ1v) is 18.4. The van der Waals surface area contributed by atoms with E-state index in [0.717, 1.165) is 56.2 Å². The van der Waals surface area contributed by atoms with Crippen molar-refractivity contribution in [3.8, 4) is 11.4 Å². The van der Waals surface area contributed by atoms with Gasteiger partial charge >= 0.3 is 5.97 Å². The highest BCUT2D eigenvalue weighted by atomic mass is 16.5. The zero-order valence-corrected chi connectivity index (χ0v) is 29.7. The molecule has 10 atom stereocenters. The fourth-order valence-corrected chi connectivity index (χ4v) is 12.4. The van der Waals surface area contributed by atoms with Crippen LogP contribution in [0.5, 0.6) is 0 Å². The van der Waals surface area contributed by atoms with Crippen molar-refractivity contribution in [2.24, 2.45) is 56.7 Å². The summed E-state index contributed by atoms with van der Waals surface area (Å²) >= 11 is 0. The molecular weight excluding hydrogens is 586 g/mol. The van der Waals surface area contributed by atoms with Crippen LogP contribution in [-0.2, 0) is 9.53 Å². The molecule has 0 amide bonds. The van der Waals surface area contributed by atoms with Gasteiger partial charge in [-0.2, -0.15) is 5.21 Å². The minimum Gasteiger partial charge on any atom is -0.463 e. The molecule has 1 heterocycles. The first-order chi connectivity index (χ1) is 22.3. The van der Waals surface area contributed by atoms with E-state index < -0.39 is 5.41 Å². The minimum atomic E-state index is -0.447. The van der Waals surface area contributed by atoms with Crippen LogP contribution in [0.3, 0.4) is 0 Å². The van der Waals surface area contributed by atoms with Crippen molar-refractivity contribution in [1.82, 2.24) is 20.6 Å². The van der Waals surface area contributed by atoms with Gasteiger partial charge in [-0.1, -0.05) is 72.2 Å². The van der Waals surface area contributed by atoms with Gasteiger partial charge in [0.15, 0.2) is 0 Å². The summed E-state index contributed by atoms with van der Waals surface area (Å²) in [5, 5.41) is 28.8. The Morgan fingerprint density at radius 1 is 1.02 bits per heavy atom. The van der Waals surface area contributed by atoms with E-state index in [1.165, 1.54) is 12.8 Å². The van der Waals surface area contributed by atoms with Gasteiger partial charge in [0.1, 0.15) is 6.61 Å². The van der Waals surface area contributed by atoms with E-state index in [1.807, 2.05) is 24.3 Å². The van der Waals surface area contributed by atoms with E-state index in [2.05, 4.69) is 80.5 Å². The Labute approximate surface area is 281 Å². The predicted octanol–water partition coefficient (Wildman–Crippen LogP) is 7.84. The molecule has 1 aromatic heterocycles. The summed E-state index contributed by atoms with van der Waals surface area (Å²) in [6.45, 7) is 18.1. The minimum absolute atomic E-state index is 0.0116. The van der Waals surface area contributed by atoms with Gasteiger partial charge in [0.2, 0.25) is 5.82 Å². The molecule has 0 saturated heterocycles. The van der Waals surface area contributed by atoms with E-state index >= 15 is 0 Å². The molecule has 47 heavy (non-hydrogen) atoms. The van der Waals surface area contributed by atoms with Gasteiger partial charge in [0, 0.05) is 17.8 Å². The molecule has 5 aliphatic carbocycles. The Bertz CT molecular complexity index is 1520. The number of aromatic nitrogens is 4. The number of ether oxygens (including phenoxy) is 1. The Kier molecular flexibility index (Phi) is 7.97. The summed E-state index contributed by atoms with van der Waals surface area (Å²) in [6.07, 6.45) is 11.9. The Morgan fingerprint density at radius 2 is 1.83 bits per heavy atom. The van der Waals surface area contributed by atoms with Crippen LogP contribution in [0.1, 0.15) is 106 Å². The molecule has 0 bridgehead atoms. The van der Waals surface area contributed by atoms with Crippen molar-refractivity contribution in [3.63, 3.8) is 0 Å². The number of hydrogen-bond acceptors (Lipinski definition) is 7. The molecule has 1 aromatic carbocycles. The monoisotopic (exact) mass is 643 g/mol. The third-order valence-electron chi connectivity index (χ3n) is 15.5. The average molecular weight is 644 g/mol. The van der Waals surface area contributed by atoms with Gasteiger partial charge in [-0.25, -0.2) is 0 Å². The fraction of sp³-hybridized carbons (Fsp3) is 0.744. The van der Waals surface area contributed by atoms with Crippen LogP contribution in [0.4, 0.5) is 5.69 Å². The summed E-state index contributed by atoms with van der Waals surface area (Å²) in [6, 6.07) is 7.90. The van der Waals surface area contributed by atoms with Crippen LogP contribution in [-0.4, -0.2) is 51.0 Å². The molecule has 7 rings (SSSR count). The summed E-state index contributed by atoms with van der Waals surface area (Å²) in [5.41, 5.74) is 3.35. The lowest BCUT2D eigenvalue weighted by Crippen LogP contribution is -2.65. The molecule has 0 unspecified atom stereocenters. The van der Waals surface area contributed by atoms with Crippen molar-refractivity contribution in [1.29, 1.82) is 0 Å². The van der Waals surface area contributed by atoms with Gasteiger partial charge in [0.05, 0.1) is 11.5 Å². The van der Waals surface area contributed by atoms with E-state index in [0.29, 0.717) is 42.6 Å². The quantitative estimate of drug-likeness (QED) is 0.167. The number of tetrazole rings is 1. The number of carbonyl (C=O) groups is 1. The Hall–Kier alpha value is -2.74. The molecule has 8 nitrogen and oxygen atoms in total. The predicted molar refractivity (Wildman–Crippen MR) is 184 cm³/mol. The molecule has 3 N–H and O–H groups in total. The van der Waals surface area contributed by atoms with Gasteiger partial charge in [-0.05, 0) is 126 Å². The van der Waals surface area contributed by atoms with Gasteiger partial charge < -0.3 is 15.2 Å². The summed E-state index contributed by atoms with van der Waals surface area (Å²) in [4.78, 5) is 14.4. The van der Waals surface area contributed by atoms with Gasteiger partial charge in [-0.3, -0.25) is 4.79 Å².